The van der Waals surface area contributed by atoms with E-state index < -0.39 is 4.92 Å². The number of para-hydroxylation sites is 1. The lowest BCUT2D eigenvalue weighted by Gasteiger charge is -2.18. The van der Waals surface area contributed by atoms with Crippen LogP contribution in [-0.2, 0) is 0 Å². The number of amides is 1. The number of nitro groups is 1. The van der Waals surface area contributed by atoms with E-state index in [0.717, 1.165) is 19.3 Å². The van der Waals surface area contributed by atoms with Crippen LogP contribution in [0.1, 0.15) is 43.5 Å². The predicted octanol–water partition coefficient (Wildman–Crippen LogP) is 2.91. The number of ether oxygens (including phenoxy) is 1. The average molecular weight is 292 g/mol. The Kier molecular flexibility index (Phi) is 4.16. The average Bonchev–Trinajstić information content (AvgIpc) is 2.76. The van der Waals surface area contributed by atoms with Crippen molar-refractivity contribution < 1.29 is 14.5 Å². The van der Waals surface area contributed by atoms with E-state index in [9.17, 15) is 14.9 Å². The van der Waals surface area contributed by atoms with Gasteiger partial charge in [-0.3, -0.25) is 14.9 Å². The number of hydrogen-bond acceptors (Lipinski definition) is 4. The summed E-state index contributed by atoms with van der Waals surface area (Å²) in [4.78, 5) is 22.8. The number of hydrogen-bond donors (Lipinski definition) is 1. The topological polar surface area (TPSA) is 81.5 Å². The van der Waals surface area contributed by atoms with Crippen LogP contribution >= 0.6 is 0 Å². The van der Waals surface area contributed by atoms with Crippen LogP contribution in [0.3, 0.4) is 0 Å². The fourth-order valence-corrected chi connectivity index (χ4v) is 2.88. The molecular weight excluding hydrogens is 272 g/mol. The Hall–Kier alpha value is -2.11. The number of nitrogens with zero attached hydrogens (tertiary/aromatic N) is 1. The maximum atomic E-state index is 12.4. The second-order valence-corrected chi connectivity index (χ2v) is 6.19. The Balaban J connectivity index is 2.20. The molecule has 2 rings (SSSR count). The molecule has 1 fully saturated rings. The summed E-state index contributed by atoms with van der Waals surface area (Å²) in [6.07, 6.45) is 2.90. The van der Waals surface area contributed by atoms with E-state index >= 15 is 0 Å². The van der Waals surface area contributed by atoms with Crippen molar-refractivity contribution in [2.75, 3.05) is 7.11 Å². The van der Waals surface area contributed by atoms with Gasteiger partial charge in [0.25, 0.3) is 5.91 Å². The van der Waals surface area contributed by atoms with Crippen LogP contribution in [0.25, 0.3) is 0 Å². The van der Waals surface area contributed by atoms with Gasteiger partial charge in [-0.25, -0.2) is 0 Å². The quantitative estimate of drug-likeness (QED) is 0.683. The van der Waals surface area contributed by atoms with Gasteiger partial charge in [-0.05, 0) is 30.7 Å². The first-order valence-electron chi connectivity index (χ1n) is 6.96. The molecule has 1 atom stereocenters. The van der Waals surface area contributed by atoms with Crippen molar-refractivity contribution in [1.29, 1.82) is 0 Å². The summed E-state index contributed by atoms with van der Waals surface area (Å²) >= 11 is 0. The fraction of sp³-hybridized carbons (Fsp3) is 0.533. The monoisotopic (exact) mass is 292 g/mol. The highest BCUT2D eigenvalue weighted by Crippen LogP contribution is 2.37. The van der Waals surface area contributed by atoms with Crippen molar-refractivity contribution in [3.8, 4) is 5.75 Å². The third kappa shape index (κ3) is 3.32. The van der Waals surface area contributed by atoms with E-state index in [1.807, 2.05) is 0 Å². The van der Waals surface area contributed by atoms with Gasteiger partial charge in [-0.2, -0.15) is 0 Å². The molecule has 0 aliphatic heterocycles. The molecule has 1 aliphatic rings. The molecule has 6 heteroatoms. The first kappa shape index (κ1) is 15.3. The van der Waals surface area contributed by atoms with Crippen LogP contribution in [0.4, 0.5) is 5.69 Å². The van der Waals surface area contributed by atoms with Gasteiger partial charge in [-0.15, -0.1) is 0 Å². The minimum absolute atomic E-state index is 0.0113. The molecule has 6 nitrogen and oxygen atoms in total. The Labute approximate surface area is 123 Å². The van der Waals surface area contributed by atoms with Gasteiger partial charge in [0.1, 0.15) is 0 Å². The van der Waals surface area contributed by atoms with Crippen molar-refractivity contribution in [2.24, 2.45) is 5.41 Å². The number of benzene rings is 1. The lowest BCUT2D eigenvalue weighted by Crippen LogP contribution is -2.33. The SMILES string of the molecule is COc1c(C(=O)NC2CCC(C)(C)C2)cccc1[N+](=O)[O-]. The maximum absolute atomic E-state index is 12.4. The number of methoxy groups -OCH3 is 1. The number of carbonyl (C=O) groups is 1. The third-order valence-electron chi connectivity index (χ3n) is 3.94. The maximum Gasteiger partial charge on any atom is 0.311 e. The molecule has 1 aromatic rings. The molecular formula is C15H20N2O4. The summed E-state index contributed by atoms with van der Waals surface area (Å²) in [6.45, 7) is 4.35. The first-order chi connectivity index (χ1) is 9.84. The molecule has 0 saturated heterocycles. The zero-order valence-corrected chi connectivity index (χ0v) is 12.5. The zero-order chi connectivity index (χ0) is 15.6. The van der Waals surface area contributed by atoms with Crippen LogP contribution in [0.2, 0.25) is 0 Å². The van der Waals surface area contributed by atoms with E-state index in [4.69, 9.17) is 4.74 Å². The molecule has 1 unspecified atom stereocenters. The van der Waals surface area contributed by atoms with E-state index in [1.165, 1.54) is 19.2 Å². The summed E-state index contributed by atoms with van der Waals surface area (Å²) in [6, 6.07) is 4.47. The highest BCUT2D eigenvalue weighted by atomic mass is 16.6. The van der Waals surface area contributed by atoms with Gasteiger partial charge in [0, 0.05) is 12.1 Å². The van der Waals surface area contributed by atoms with Crippen LogP contribution in [0.5, 0.6) is 5.75 Å². The largest absolute Gasteiger partial charge is 0.490 e. The Morgan fingerprint density at radius 2 is 2.19 bits per heavy atom. The second-order valence-electron chi connectivity index (χ2n) is 6.19. The van der Waals surface area contributed by atoms with Crippen LogP contribution in [-0.4, -0.2) is 24.0 Å². The molecule has 114 valence electrons. The summed E-state index contributed by atoms with van der Waals surface area (Å²) in [7, 11) is 1.33. The summed E-state index contributed by atoms with van der Waals surface area (Å²) in [5.41, 5.74) is 0.235. The van der Waals surface area contributed by atoms with E-state index in [2.05, 4.69) is 19.2 Å². The van der Waals surface area contributed by atoms with Crippen molar-refractivity contribution >= 4 is 11.6 Å². The number of carbonyl (C=O) groups excluding carboxylic acids is 1. The third-order valence-corrected chi connectivity index (χ3v) is 3.94. The van der Waals surface area contributed by atoms with Gasteiger partial charge in [-0.1, -0.05) is 19.9 Å². The molecule has 1 amide bonds. The first-order valence-corrected chi connectivity index (χ1v) is 6.96. The number of rotatable bonds is 4. The molecule has 1 saturated carbocycles. The molecule has 1 aliphatic carbocycles. The molecule has 0 radical (unpaired) electrons. The summed E-state index contributed by atoms with van der Waals surface area (Å²) in [5, 5.41) is 13.9. The highest BCUT2D eigenvalue weighted by Gasteiger charge is 2.32. The number of nitro benzene ring substituents is 1. The van der Waals surface area contributed by atoms with Crippen LogP contribution in [0.15, 0.2) is 18.2 Å². The summed E-state index contributed by atoms with van der Waals surface area (Å²) in [5.74, 6) is -0.310. The second kappa shape index (κ2) is 5.71. The molecule has 0 bridgehead atoms. The molecule has 1 N–H and O–H groups in total. The fourth-order valence-electron chi connectivity index (χ4n) is 2.88. The molecule has 0 heterocycles. The zero-order valence-electron chi connectivity index (χ0n) is 12.5. The van der Waals surface area contributed by atoms with Gasteiger partial charge in [0.2, 0.25) is 5.75 Å². The standard InChI is InChI=1S/C15H20N2O4/c1-15(2)8-7-10(9-15)16-14(18)11-5-4-6-12(17(19)20)13(11)21-3/h4-6,10H,7-9H2,1-3H3,(H,16,18). The lowest BCUT2D eigenvalue weighted by molar-refractivity contribution is -0.385. The van der Waals surface area contributed by atoms with Gasteiger partial charge in [0.15, 0.2) is 0 Å². The van der Waals surface area contributed by atoms with E-state index in [1.54, 1.807) is 6.07 Å². The van der Waals surface area contributed by atoms with E-state index in [-0.39, 0.29) is 34.4 Å². The molecule has 0 spiro atoms. The van der Waals surface area contributed by atoms with Crippen molar-refractivity contribution in [1.82, 2.24) is 5.32 Å². The molecule has 0 aromatic heterocycles. The summed E-state index contributed by atoms with van der Waals surface area (Å²) < 4.78 is 5.06. The number of nitrogens with one attached hydrogen (secondary N) is 1. The molecule has 1 aromatic carbocycles. The minimum Gasteiger partial charge on any atom is -0.490 e. The van der Waals surface area contributed by atoms with Gasteiger partial charge < -0.3 is 10.1 Å². The predicted molar refractivity (Wildman–Crippen MR) is 78.5 cm³/mol. The van der Waals surface area contributed by atoms with Crippen molar-refractivity contribution in [3.05, 3.63) is 33.9 Å². The highest BCUT2D eigenvalue weighted by molar-refractivity contribution is 5.98. The Morgan fingerprint density at radius 3 is 2.71 bits per heavy atom. The molecule has 21 heavy (non-hydrogen) atoms. The van der Waals surface area contributed by atoms with Crippen LogP contribution < -0.4 is 10.1 Å². The van der Waals surface area contributed by atoms with Crippen molar-refractivity contribution in [3.63, 3.8) is 0 Å². The minimum atomic E-state index is -0.547. The van der Waals surface area contributed by atoms with Crippen molar-refractivity contribution in [2.45, 2.75) is 39.2 Å². The Bertz CT molecular complexity index is 569. The van der Waals surface area contributed by atoms with Gasteiger partial charge in [0.05, 0.1) is 17.6 Å². The van der Waals surface area contributed by atoms with Gasteiger partial charge >= 0.3 is 5.69 Å². The smallest absolute Gasteiger partial charge is 0.311 e. The lowest BCUT2D eigenvalue weighted by atomic mass is 9.92. The normalized spacial score (nSPS) is 20.0. The van der Waals surface area contributed by atoms with E-state index in [0.29, 0.717) is 0 Å². The Morgan fingerprint density at radius 1 is 1.48 bits per heavy atom. The van der Waals surface area contributed by atoms with Crippen LogP contribution in [0, 0.1) is 15.5 Å².